The molecule has 134 valence electrons. The third-order valence-electron chi connectivity index (χ3n) is 4.07. The largest absolute Gasteiger partial charge is 1.00 e. The first-order chi connectivity index (χ1) is 12.3. The Bertz CT molecular complexity index is 1160. The molecule has 2 aromatic carbocycles. The summed E-state index contributed by atoms with van der Waals surface area (Å²) in [6.07, 6.45) is 0.371. The number of rotatable bonds is 3. The van der Waals surface area contributed by atoms with Gasteiger partial charge in [0.2, 0.25) is 0 Å². The molecule has 1 aliphatic rings. The van der Waals surface area contributed by atoms with Gasteiger partial charge in [-0.25, -0.2) is 4.98 Å². The third-order valence-corrected chi connectivity index (χ3v) is 4.88. The van der Waals surface area contributed by atoms with Crippen molar-refractivity contribution in [3.63, 3.8) is 0 Å². The summed E-state index contributed by atoms with van der Waals surface area (Å²) < 4.78 is 38.1. The topological polar surface area (TPSA) is 96.6 Å². The number of halogens is 2. The Morgan fingerprint density at radius 2 is 1.85 bits per heavy atom. The van der Waals surface area contributed by atoms with E-state index in [2.05, 4.69) is 14.4 Å². The van der Waals surface area contributed by atoms with E-state index in [0.29, 0.717) is 51.1 Å². The normalized spacial score (nSPS) is 15.0. The molecule has 2 heterocycles. The molecule has 7 nitrogen and oxygen atoms in total. The van der Waals surface area contributed by atoms with Crippen molar-refractivity contribution in [2.24, 2.45) is 5.16 Å². The molecular formula is C16H10Cl2KN3O4S. The summed E-state index contributed by atoms with van der Waals surface area (Å²) in [6, 6.07) is 10.6. The first-order valence-electron chi connectivity index (χ1n) is 7.50. The minimum atomic E-state index is -4.92. The van der Waals surface area contributed by atoms with E-state index < -0.39 is 10.4 Å². The van der Waals surface area contributed by atoms with Crippen molar-refractivity contribution in [2.45, 2.75) is 13.0 Å². The molecule has 0 aliphatic carbocycles. The maximum absolute atomic E-state index is 10.7. The minimum Gasteiger partial charge on any atom is -0.714 e. The van der Waals surface area contributed by atoms with Crippen LogP contribution in [0.15, 0.2) is 41.6 Å². The summed E-state index contributed by atoms with van der Waals surface area (Å²) in [5.74, 6) is 0.711. The maximum Gasteiger partial charge on any atom is 1.00 e. The van der Waals surface area contributed by atoms with Crippen LogP contribution in [-0.4, -0.2) is 28.2 Å². The number of aryl methyl sites for hydroxylation is 1. The molecule has 1 aliphatic heterocycles. The van der Waals surface area contributed by atoms with Crippen molar-refractivity contribution in [3.05, 3.63) is 52.0 Å². The Labute approximate surface area is 207 Å². The first kappa shape index (κ1) is 21.2. The SMILES string of the molecule is O=S(=O)([O-])O/N=C1/CCn2c(-c3ccc(Cl)cc3)nc3c(Cl)ccc1c32.[K+]. The number of oxime groups is 1. The zero-order valence-corrected chi connectivity index (χ0v) is 19.5. The van der Waals surface area contributed by atoms with Crippen LogP contribution < -0.4 is 51.4 Å². The summed E-state index contributed by atoms with van der Waals surface area (Å²) in [5.41, 5.74) is 3.10. The van der Waals surface area contributed by atoms with Gasteiger partial charge in [0.1, 0.15) is 11.3 Å². The molecule has 27 heavy (non-hydrogen) atoms. The van der Waals surface area contributed by atoms with Crippen molar-refractivity contribution >= 4 is 50.3 Å². The second-order valence-electron chi connectivity index (χ2n) is 5.66. The molecule has 0 spiro atoms. The summed E-state index contributed by atoms with van der Waals surface area (Å²) in [4.78, 5) is 4.64. The maximum atomic E-state index is 10.7. The van der Waals surface area contributed by atoms with Crippen LogP contribution in [0.25, 0.3) is 22.4 Å². The Morgan fingerprint density at radius 3 is 2.52 bits per heavy atom. The smallest absolute Gasteiger partial charge is 0.714 e. The number of hydrogen-bond acceptors (Lipinski definition) is 6. The van der Waals surface area contributed by atoms with Crippen molar-refractivity contribution in [2.75, 3.05) is 0 Å². The van der Waals surface area contributed by atoms with Crippen molar-refractivity contribution in [1.29, 1.82) is 0 Å². The Balaban J connectivity index is 0.00000210. The fraction of sp³-hybridized carbons (Fsp3) is 0.125. The van der Waals surface area contributed by atoms with E-state index in [1.807, 2.05) is 16.7 Å². The van der Waals surface area contributed by atoms with Crippen LogP contribution >= 0.6 is 23.2 Å². The predicted octanol–water partition coefficient (Wildman–Crippen LogP) is 0.599. The molecule has 0 saturated carbocycles. The van der Waals surface area contributed by atoms with Gasteiger partial charge in [-0.3, -0.25) is 4.28 Å². The summed E-state index contributed by atoms with van der Waals surface area (Å²) in [7, 11) is -4.92. The number of benzene rings is 2. The van der Waals surface area contributed by atoms with E-state index in [1.165, 1.54) is 0 Å². The van der Waals surface area contributed by atoms with Crippen LogP contribution in [0.1, 0.15) is 12.0 Å². The van der Waals surface area contributed by atoms with Crippen LogP contribution in [-0.2, 0) is 21.2 Å². The van der Waals surface area contributed by atoms with E-state index in [0.717, 1.165) is 5.56 Å². The molecule has 0 radical (unpaired) electrons. The number of imidazole rings is 1. The quantitative estimate of drug-likeness (QED) is 0.252. The molecular weight excluding hydrogens is 440 g/mol. The van der Waals surface area contributed by atoms with E-state index >= 15 is 0 Å². The van der Waals surface area contributed by atoms with Gasteiger partial charge in [0.15, 0.2) is 0 Å². The van der Waals surface area contributed by atoms with E-state index in [9.17, 15) is 13.0 Å². The average molecular weight is 450 g/mol. The average Bonchev–Trinajstić information content (AvgIpc) is 2.98. The van der Waals surface area contributed by atoms with Crippen LogP contribution in [0.4, 0.5) is 0 Å². The van der Waals surface area contributed by atoms with E-state index in [-0.39, 0.29) is 51.4 Å². The Kier molecular flexibility index (Phi) is 6.36. The van der Waals surface area contributed by atoms with Crippen LogP contribution in [0.2, 0.25) is 10.0 Å². The Morgan fingerprint density at radius 1 is 1.15 bits per heavy atom. The molecule has 0 unspecified atom stereocenters. The molecule has 1 aromatic heterocycles. The van der Waals surface area contributed by atoms with Gasteiger partial charge in [0.05, 0.1) is 16.3 Å². The van der Waals surface area contributed by atoms with Crippen molar-refractivity contribution < 1.29 is 68.6 Å². The van der Waals surface area contributed by atoms with Gasteiger partial charge in [-0.1, -0.05) is 28.4 Å². The summed E-state index contributed by atoms with van der Waals surface area (Å²) in [6.45, 7) is 0.475. The van der Waals surface area contributed by atoms with Gasteiger partial charge in [0.25, 0.3) is 10.4 Å². The van der Waals surface area contributed by atoms with Gasteiger partial charge < -0.3 is 9.12 Å². The molecule has 0 amide bonds. The monoisotopic (exact) mass is 449 g/mol. The molecule has 11 heteroatoms. The van der Waals surface area contributed by atoms with Gasteiger partial charge in [-0.15, -0.1) is 0 Å². The van der Waals surface area contributed by atoms with Crippen LogP contribution in [0, 0.1) is 0 Å². The molecule has 0 fully saturated rings. The second-order valence-corrected chi connectivity index (χ2v) is 7.47. The van der Waals surface area contributed by atoms with Gasteiger partial charge in [-0.05, 0) is 36.4 Å². The summed E-state index contributed by atoms with van der Waals surface area (Å²) in [5, 5.41) is 4.59. The molecule has 3 aromatic rings. The van der Waals surface area contributed by atoms with Crippen LogP contribution in [0.5, 0.6) is 0 Å². The van der Waals surface area contributed by atoms with Crippen molar-refractivity contribution in [3.8, 4) is 11.4 Å². The Hall–Kier alpha value is -0.494. The standard InChI is InChI=1S/C16H11Cl2N3O4S.K/c17-10-3-1-9(2-4-10)16-19-14-12(18)6-5-11-13(20-25-26(22,23)24)7-8-21(16)15(11)14;/h1-6H,7-8H2,(H,22,23,24);/q;+1/p-1/b20-13-;. The van der Waals surface area contributed by atoms with Gasteiger partial charge in [-0.2, -0.15) is 8.42 Å². The molecule has 0 saturated heterocycles. The minimum absolute atomic E-state index is 0. The van der Waals surface area contributed by atoms with Gasteiger partial charge >= 0.3 is 51.4 Å². The fourth-order valence-electron chi connectivity index (χ4n) is 3.01. The first-order valence-corrected chi connectivity index (χ1v) is 9.59. The van der Waals surface area contributed by atoms with Crippen LogP contribution in [0.3, 0.4) is 0 Å². The predicted molar refractivity (Wildman–Crippen MR) is 97.1 cm³/mol. The van der Waals surface area contributed by atoms with E-state index in [4.69, 9.17) is 23.2 Å². The second kappa shape index (κ2) is 8.09. The number of hydrogen-bond donors (Lipinski definition) is 0. The zero-order chi connectivity index (χ0) is 18.5. The van der Waals surface area contributed by atoms with Gasteiger partial charge in [0, 0.05) is 29.1 Å². The zero-order valence-electron chi connectivity index (χ0n) is 14.0. The van der Waals surface area contributed by atoms with Crippen molar-refractivity contribution in [1.82, 2.24) is 9.55 Å². The third kappa shape index (κ3) is 4.26. The summed E-state index contributed by atoms with van der Waals surface area (Å²) >= 11 is 12.2. The molecule has 0 atom stereocenters. The number of aromatic nitrogens is 2. The number of nitrogens with zero attached hydrogens (tertiary/aromatic N) is 3. The molecule has 0 N–H and O–H groups in total. The molecule has 4 rings (SSSR count). The van der Waals surface area contributed by atoms with E-state index in [1.54, 1.807) is 24.3 Å². The molecule has 0 bridgehead atoms. The fourth-order valence-corrected chi connectivity index (χ4v) is 3.52.